The Morgan fingerprint density at radius 2 is 1.94 bits per heavy atom. The van der Waals surface area contributed by atoms with Crippen molar-refractivity contribution in [3.8, 4) is 0 Å². The van der Waals surface area contributed by atoms with Crippen LogP contribution in [0.4, 0.5) is 0 Å². The molecule has 0 aliphatic carbocycles. The maximum atomic E-state index is 10.00. The number of hydrogen-bond acceptors (Lipinski definition) is 4. The van der Waals surface area contributed by atoms with Gasteiger partial charge in [0.1, 0.15) is 0 Å². The molecule has 0 bridgehead atoms. The van der Waals surface area contributed by atoms with Crippen molar-refractivity contribution in [3.63, 3.8) is 0 Å². The van der Waals surface area contributed by atoms with E-state index in [4.69, 9.17) is 9.47 Å². The summed E-state index contributed by atoms with van der Waals surface area (Å²) >= 11 is 0. The van der Waals surface area contributed by atoms with Gasteiger partial charge >= 0.3 is 0 Å². The Kier molecular flexibility index (Phi) is 5.18. The molecule has 0 amide bonds. The lowest BCUT2D eigenvalue weighted by Gasteiger charge is -2.24. The van der Waals surface area contributed by atoms with Gasteiger partial charge in [-0.25, -0.2) is 0 Å². The highest BCUT2D eigenvalue weighted by molar-refractivity contribution is 4.94. The zero-order valence-electron chi connectivity index (χ0n) is 10.9. The standard InChI is InChI=1S/C12H25NO3/c1-7(2)13-11-10(6-15-8(3)4)16-9(5)12(11)14/h7-14H,6H2,1-5H3/t9-,10+,11?,12+/m0/s1. The molecule has 16 heavy (non-hydrogen) atoms. The van der Waals surface area contributed by atoms with Crippen molar-refractivity contribution in [2.75, 3.05) is 6.61 Å². The fourth-order valence-electron chi connectivity index (χ4n) is 1.97. The third kappa shape index (κ3) is 3.70. The van der Waals surface area contributed by atoms with Crippen LogP contribution in [0.3, 0.4) is 0 Å². The maximum Gasteiger partial charge on any atom is 0.0992 e. The molecule has 1 unspecified atom stereocenters. The molecule has 1 saturated heterocycles. The minimum absolute atomic E-state index is 0.0336. The fourth-order valence-corrected chi connectivity index (χ4v) is 1.97. The summed E-state index contributed by atoms with van der Waals surface area (Å²) in [6.07, 6.45) is -0.452. The molecule has 4 nitrogen and oxygen atoms in total. The highest BCUT2D eigenvalue weighted by Gasteiger charge is 2.41. The van der Waals surface area contributed by atoms with Crippen LogP contribution in [-0.2, 0) is 9.47 Å². The lowest BCUT2D eigenvalue weighted by molar-refractivity contribution is -0.0381. The van der Waals surface area contributed by atoms with E-state index in [1.807, 2.05) is 20.8 Å². The van der Waals surface area contributed by atoms with E-state index in [1.165, 1.54) is 0 Å². The third-order valence-corrected chi connectivity index (χ3v) is 2.76. The highest BCUT2D eigenvalue weighted by Crippen LogP contribution is 2.22. The number of nitrogens with one attached hydrogen (secondary N) is 1. The zero-order chi connectivity index (χ0) is 12.3. The van der Waals surface area contributed by atoms with Gasteiger partial charge in [0.25, 0.3) is 0 Å². The van der Waals surface area contributed by atoms with Crippen LogP contribution in [0.25, 0.3) is 0 Å². The van der Waals surface area contributed by atoms with E-state index in [9.17, 15) is 5.11 Å². The topological polar surface area (TPSA) is 50.7 Å². The summed E-state index contributed by atoms with van der Waals surface area (Å²) in [6.45, 7) is 10.6. The number of hydrogen-bond donors (Lipinski definition) is 2. The Morgan fingerprint density at radius 3 is 2.44 bits per heavy atom. The number of aliphatic hydroxyl groups excluding tert-OH is 1. The first-order chi connectivity index (χ1) is 7.41. The molecule has 2 N–H and O–H groups in total. The van der Waals surface area contributed by atoms with Crippen molar-refractivity contribution >= 4 is 0 Å². The Labute approximate surface area is 98.3 Å². The van der Waals surface area contributed by atoms with E-state index >= 15 is 0 Å². The minimum Gasteiger partial charge on any atom is -0.389 e. The molecule has 0 spiro atoms. The monoisotopic (exact) mass is 231 g/mol. The molecule has 1 aliphatic rings. The van der Waals surface area contributed by atoms with Gasteiger partial charge in [-0.15, -0.1) is 0 Å². The molecule has 1 fully saturated rings. The van der Waals surface area contributed by atoms with Crippen LogP contribution in [-0.4, -0.2) is 48.2 Å². The summed E-state index contributed by atoms with van der Waals surface area (Å²) < 4.78 is 11.3. The van der Waals surface area contributed by atoms with Crippen molar-refractivity contribution in [1.29, 1.82) is 0 Å². The Bertz CT molecular complexity index is 208. The number of ether oxygens (including phenoxy) is 2. The number of aliphatic hydroxyl groups is 1. The van der Waals surface area contributed by atoms with Crippen molar-refractivity contribution < 1.29 is 14.6 Å². The minimum atomic E-state index is -0.455. The smallest absolute Gasteiger partial charge is 0.0992 e. The molecule has 0 saturated carbocycles. The molecule has 1 rings (SSSR count). The molecule has 0 aromatic rings. The van der Waals surface area contributed by atoms with Gasteiger partial charge < -0.3 is 19.9 Å². The van der Waals surface area contributed by atoms with Crippen LogP contribution in [0, 0.1) is 0 Å². The van der Waals surface area contributed by atoms with Crippen molar-refractivity contribution in [1.82, 2.24) is 5.32 Å². The van der Waals surface area contributed by atoms with Gasteiger partial charge in [0.05, 0.1) is 37.1 Å². The van der Waals surface area contributed by atoms with Crippen LogP contribution < -0.4 is 5.32 Å². The molecular weight excluding hydrogens is 206 g/mol. The molecular formula is C12H25NO3. The predicted molar refractivity (Wildman–Crippen MR) is 63.5 cm³/mol. The Morgan fingerprint density at radius 1 is 1.31 bits per heavy atom. The predicted octanol–water partition coefficient (Wildman–Crippen LogP) is 0.926. The maximum absolute atomic E-state index is 10.00. The van der Waals surface area contributed by atoms with Gasteiger partial charge in [-0.3, -0.25) is 0 Å². The van der Waals surface area contributed by atoms with E-state index in [2.05, 4.69) is 19.2 Å². The summed E-state index contributed by atoms with van der Waals surface area (Å²) in [5.74, 6) is 0. The first-order valence-corrected chi connectivity index (χ1v) is 6.13. The average Bonchev–Trinajstić information content (AvgIpc) is 2.42. The first-order valence-electron chi connectivity index (χ1n) is 6.13. The molecule has 0 aromatic carbocycles. The van der Waals surface area contributed by atoms with Gasteiger partial charge in [-0.05, 0) is 20.8 Å². The van der Waals surface area contributed by atoms with Gasteiger partial charge in [-0.2, -0.15) is 0 Å². The van der Waals surface area contributed by atoms with Crippen molar-refractivity contribution in [3.05, 3.63) is 0 Å². The van der Waals surface area contributed by atoms with Crippen LogP contribution in [0.1, 0.15) is 34.6 Å². The zero-order valence-corrected chi connectivity index (χ0v) is 10.9. The van der Waals surface area contributed by atoms with E-state index in [-0.39, 0.29) is 24.4 Å². The van der Waals surface area contributed by atoms with Gasteiger partial charge in [0.15, 0.2) is 0 Å². The molecule has 1 aliphatic heterocycles. The fraction of sp³-hybridized carbons (Fsp3) is 1.00. The van der Waals surface area contributed by atoms with Gasteiger partial charge in [0, 0.05) is 6.04 Å². The van der Waals surface area contributed by atoms with Crippen LogP contribution in [0.2, 0.25) is 0 Å². The Balaban J connectivity index is 2.52. The summed E-state index contributed by atoms with van der Waals surface area (Å²) in [7, 11) is 0. The molecule has 4 heteroatoms. The van der Waals surface area contributed by atoms with E-state index in [0.717, 1.165) is 0 Å². The van der Waals surface area contributed by atoms with E-state index in [0.29, 0.717) is 12.6 Å². The summed E-state index contributed by atoms with van der Waals surface area (Å²) in [5, 5.41) is 13.3. The van der Waals surface area contributed by atoms with Crippen molar-refractivity contribution in [2.45, 2.75) is 71.1 Å². The van der Waals surface area contributed by atoms with E-state index in [1.54, 1.807) is 0 Å². The van der Waals surface area contributed by atoms with Crippen LogP contribution in [0.5, 0.6) is 0 Å². The van der Waals surface area contributed by atoms with Gasteiger partial charge in [0.2, 0.25) is 0 Å². The largest absolute Gasteiger partial charge is 0.389 e. The lowest BCUT2D eigenvalue weighted by Crippen LogP contribution is -2.49. The van der Waals surface area contributed by atoms with E-state index < -0.39 is 6.10 Å². The first kappa shape index (κ1) is 13.9. The number of rotatable bonds is 5. The summed E-state index contributed by atoms with van der Waals surface area (Å²) in [4.78, 5) is 0. The second-order valence-electron chi connectivity index (χ2n) is 5.10. The van der Waals surface area contributed by atoms with Crippen molar-refractivity contribution in [2.24, 2.45) is 0 Å². The van der Waals surface area contributed by atoms with Crippen LogP contribution >= 0.6 is 0 Å². The van der Waals surface area contributed by atoms with Gasteiger partial charge in [-0.1, -0.05) is 13.8 Å². The Hall–Kier alpha value is -0.160. The highest BCUT2D eigenvalue weighted by atomic mass is 16.6. The molecule has 1 heterocycles. The molecule has 0 radical (unpaired) electrons. The quantitative estimate of drug-likeness (QED) is 0.739. The molecule has 0 aromatic heterocycles. The molecule has 96 valence electrons. The lowest BCUT2D eigenvalue weighted by atomic mass is 10.0. The summed E-state index contributed by atoms with van der Waals surface area (Å²) in [5.41, 5.74) is 0. The SMILES string of the molecule is CC(C)NC1[C@@H](COC(C)C)O[C@@H](C)[C@H]1O. The normalized spacial score (nSPS) is 35.2. The second kappa shape index (κ2) is 5.96. The molecule has 4 atom stereocenters. The summed E-state index contributed by atoms with van der Waals surface area (Å²) in [6, 6.07) is 0.295. The van der Waals surface area contributed by atoms with Crippen LogP contribution in [0.15, 0.2) is 0 Å². The second-order valence-corrected chi connectivity index (χ2v) is 5.10. The third-order valence-electron chi connectivity index (χ3n) is 2.76. The average molecular weight is 231 g/mol.